The summed E-state index contributed by atoms with van der Waals surface area (Å²) in [7, 11) is 0. The minimum Gasteiger partial charge on any atom is -0.384 e. The molecule has 1 aliphatic heterocycles. The van der Waals surface area contributed by atoms with E-state index < -0.39 is 0 Å². The molecule has 1 amide bonds. The number of aromatic nitrogens is 3. The normalized spacial score (nSPS) is 27.1. The van der Waals surface area contributed by atoms with Gasteiger partial charge in [-0.3, -0.25) is 4.79 Å². The van der Waals surface area contributed by atoms with Gasteiger partial charge in [0.05, 0.1) is 12.0 Å². The van der Waals surface area contributed by atoms with Crippen molar-refractivity contribution in [2.24, 2.45) is 10.8 Å². The Hall–Kier alpha value is -3.09. The van der Waals surface area contributed by atoms with Gasteiger partial charge in [-0.1, -0.05) is 12.1 Å². The minimum absolute atomic E-state index is 0.121. The number of nitrogens with one attached hydrogen (secondary N) is 1. The van der Waals surface area contributed by atoms with Gasteiger partial charge in [-0.2, -0.15) is 0 Å². The lowest BCUT2D eigenvalue weighted by Gasteiger charge is -2.70. The van der Waals surface area contributed by atoms with E-state index in [1.54, 1.807) is 6.20 Å². The second-order valence-electron chi connectivity index (χ2n) is 9.02. The van der Waals surface area contributed by atoms with Gasteiger partial charge in [0.2, 0.25) is 5.91 Å². The number of nitrogens with zero attached hydrogens (tertiary/aromatic N) is 4. The average Bonchev–Trinajstić information content (AvgIpc) is 3.14. The number of nitrogen functional groups attached to an aromatic ring is 1. The highest BCUT2D eigenvalue weighted by molar-refractivity contribution is 5.99. The van der Waals surface area contributed by atoms with E-state index in [4.69, 9.17) is 5.73 Å². The number of amides is 1. The number of fused-ring (bicyclic) bond motifs is 2. The molecule has 0 atom stereocenters. The molecule has 1 aromatic carbocycles. The van der Waals surface area contributed by atoms with Crippen molar-refractivity contribution in [2.75, 3.05) is 24.1 Å². The van der Waals surface area contributed by atoms with E-state index in [1.807, 2.05) is 35.5 Å². The van der Waals surface area contributed by atoms with Crippen LogP contribution in [-0.4, -0.2) is 38.4 Å². The molecule has 7 rings (SSSR count). The summed E-state index contributed by atoms with van der Waals surface area (Å²) in [6, 6.07) is 8.10. The molecule has 2 aromatic heterocycles. The molecule has 3 fully saturated rings. The van der Waals surface area contributed by atoms with Gasteiger partial charge in [-0.25, -0.2) is 9.97 Å². The van der Waals surface area contributed by atoms with Crippen molar-refractivity contribution in [1.29, 1.82) is 0 Å². The Labute approximate surface area is 168 Å². The summed E-state index contributed by atoms with van der Waals surface area (Å²) in [5.41, 5.74) is 7.23. The maximum atomic E-state index is 13.1. The first kappa shape index (κ1) is 16.8. The van der Waals surface area contributed by atoms with Crippen LogP contribution in [0.15, 0.2) is 42.9 Å². The summed E-state index contributed by atoms with van der Waals surface area (Å²) >= 11 is 0. The van der Waals surface area contributed by atoms with Crippen molar-refractivity contribution in [1.82, 2.24) is 19.4 Å². The van der Waals surface area contributed by atoms with Crippen LogP contribution < -0.4 is 11.1 Å². The van der Waals surface area contributed by atoms with Crippen LogP contribution in [-0.2, 0) is 17.9 Å². The maximum Gasteiger partial charge on any atom is 0.229 e. The monoisotopic (exact) mass is 388 g/mol. The van der Waals surface area contributed by atoms with E-state index in [0.717, 1.165) is 61.2 Å². The first-order valence-corrected chi connectivity index (χ1v) is 10.2. The van der Waals surface area contributed by atoms with Gasteiger partial charge >= 0.3 is 0 Å². The highest BCUT2D eigenvalue weighted by Gasteiger charge is 2.71. The number of hydrogen-bond donors (Lipinski definition) is 2. The fraction of sp³-hybridized carbons (Fsp3) is 0.409. The average molecular weight is 388 g/mol. The zero-order valence-electron chi connectivity index (χ0n) is 16.3. The summed E-state index contributed by atoms with van der Waals surface area (Å²) in [6.45, 7) is 3.18. The zero-order chi connectivity index (χ0) is 19.6. The minimum atomic E-state index is -0.121. The van der Waals surface area contributed by atoms with Crippen LogP contribution in [0.3, 0.4) is 0 Å². The number of hydrogen-bond acceptors (Lipinski definition) is 5. The number of rotatable bonds is 4. The molecule has 3 heterocycles. The molecule has 7 heteroatoms. The van der Waals surface area contributed by atoms with Crippen LogP contribution >= 0.6 is 0 Å². The second-order valence-corrected chi connectivity index (χ2v) is 9.02. The summed E-state index contributed by atoms with van der Waals surface area (Å²) < 4.78 is 2.14. The third kappa shape index (κ3) is 2.39. The fourth-order valence-electron chi connectivity index (χ4n) is 5.76. The smallest absolute Gasteiger partial charge is 0.229 e. The van der Waals surface area contributed by atoms with Gasteiger partial charge in [0.1, 0.15) is 11.6 Å². The Bertz CT molecular complexity index is 1120. The summed E-state index contributed by atoms with van der Waals surface area (Å²) in [5.74, 6) is 1.89. The van der Waals surface area contributed by atoms with Crippen LogP contribution in [0.5, 0.6) is 0 Å². The van der Waals surface area contributed by atoms with Gasteiger partial charge in [0, 0.05) is 54.7 Å². The zero-order valence-corrected chi connectivity index (χ0v) is 16.3. The predicted molar refractivity (Wildman–Crippen MR) is 111 cm³/mol. The number of imidazole rings is 1. The lowest BCUT2D eigenvalue weighted by Crippen LogP contribution is -2.70. The Balaban J connectivity index is 1.11. The second kappa shape index (κ2) is 5.72. The number of carbonyl (C=O) groups excluding carboxylic acids is 1. The van der Waals surface area contributed by atoms with E-state index in [-0.39, 0.29) is 10.8 Å². The molecule has 29 heavy (non-hydrogen) atoms. The van der Waals surface area contributed by atoms with Crippen LogP contribution in [0, 0.1) is 10.8 Å². The number of carbonyl (C=O) groups is 1. The van der Waals surface area contributed by atoms with Gasteiger partial charge in [0.25, 0.3) is 0 Å². The van der Waals surface area contributed by atoms with Gasteiger partial charge in [-0.05, 0) is 36.8 Å². The van der Waals surface area contributed by atoms with E-state index >= 15 is 0 Å². The number of pyridine rings is 1. The summed E-state index contributed by atoms with van der Waals surface area (Å²) in [5, 5.41) is 5.69. The molecule has 0 unspecified atom stereocenters. The van der Waals surface area contributed by atoms with E-state index in [0.29, 0.717) is 18.3 Å². The fourth-order valence-corrected chi connectivity index (χ4v) is 5.76. The molecule has 2 bridgehead atoms. The van der Waals surface area contributed by atoms with Crippen molar-refractivity contribution in [2.45, 2.75) is 32.4 Å². The Kier molecular flexibility index (Phi) is 3.32. The van der Waals surface area contributed by atoms with Gasteiger partial charge < -0.3 is 20.5 Å². The van der Waals surface area contributed by atoms with E-state index in [2.05, 4.69) is 25.9 Å². The molecule has 0 radical (unpaired) electrons. The van der Waals surface area contributed by atoms with Gasteiger partial charge in [-0.15, -0.1) is 0 Å². The molecule has 3 N–H and O–H groups in total. The highest BCUT2D eigenvalue weighted by atomic mass is 16.2. The topological polar surface area (TPSA) is 89.1 Å². The van der Waals surface area contributed by atoms with E-state index in [1.165, 1.54) is 0 Å². The Morgan fingerprint density at radius 2 is 1.97 bits per heavy atom. The quantitative estimate of drug-likeness (QED) is 0.717. The van der Waals surface area contributed by atoms with Crippen molar-refractivity contribution in [3.63, 3.8) is 0 Å². The lowest BCUT2D eigenvalue weighted by molar-refractivity contribution is -0.212. The molecule has 4 aliphatic rings. The van der Waals surface area contributed by atoms with Crippen LogP contribution in [0.25, 0.3) is 10.8 Å². The molecular weight excluding hydrogens is 364 g/mol. The van der Waals surface area contributed by atoms with Crippen LogP contribution in [0.4, 0.5) is 11.5 Å². The lowest BCUT2D eigenvalue weighted by atomic mass is 9.34. The molecular formula is C22H24N6O. The summed E-state index contributed by atoms with van der Waals surface area (Å²) in [4.78, 5) is 23.7. The molecule has 0 spiro atoms. The SMILES string of the molecule is Nc1nccc2c(NCC34CC(C(=O)N5CCn6ccnc6C5)(C3)C4)cccc12. The Morgan fingerprint density at radius 3 is 2.83 bits per heavy atom. The molecule has 3 aromatic rings. The van der Waals surface area contributed by atoms with Gasteiger partial charge in [0.15, 0.2) is 0 Å². The summed E-state index contributed by atoms with van der Waals surface area (Å²) in [6.07, 6.45) is 8.54. The number of nitrogens with two attached hydrogens (primary N) is 1. The first-order valence-electron chi connectivity index (χ1n) is 10.2. The van der Waals surface area contributed by atoms with Crippen molar-refractivity contribution < 1.29 is 4.79 Å². The molecule has 148 valence electrons. The molecule has 0 saturated heterocycles. The number of anilines is 2. The molecule has 3 saturated carbocycles. The maximum absolute atomic E-state index is 13.1. The first-order chi connectivity index (χ1) is 14.1. The van der Waals surface area contributed by atoms with E-state index in [9.17, 15) is 4.79 Å². The standard InChI is InChI=1S/C22H24N6O/c23-19-16-2-1-3-17(15(16)4-5-25-19)26-14-21-11-22(12-21,13-21)20(29)28-9-8-27-7-6-24-18(27)10-28/h1-7,26H,8-14H2,(H2,23,25). The predicted octanol–water partition coefficient (Wildman–Crippen LogP) is 2.64. The van der Waals surface area contributed by atoms with Crippen molar-refractivity contribution in [3.05, 3.63) is 48.7 Å². The highest BCUT2D eigenvalue weighted by Crippen LogP contribution is 2.73. The van der Waals surface area contributed by atoms with Crippen LogP contribution in [0.1, 0.15) is 25.1 Å². The largest absolute Gasteiger partial charge is 0.384 e. The molecule has 3 aliphatic carbocycles. The van der Waals surface area contributed by atoms with Crippen LogP contribution in [0.2, 0.25) is 0 Å². The third-order valence-electron chi connectivity index (χ3n) is 7.12. The van der Waals surface area contributed by atoms with Crippen molar-refractivity contribution in [3.8, 4) is 0 Å². The Morgan fingerprint density at radius 1 is 1.10 bits per heavy atom. The molecule has 7 nitrogen and oxygen atoms in total. The third-order valence-corrected chi connectivity index (χ3v) is 7.12. The number of benzene rings is 1. The van der Waals surface area contributed by atoms with Crippen molar-refractivity contribution >= 4 is 28.2 Å².